The molecule has 0 spiro atoms. The summed E-state index contributed by atoms with van der Waals surface area (Å²) in [5.41, 5.74) is 1.39. The van der Waals surface area contributed by atoms with Crippen molar-refractivity contribution in [3.05, 3.63) is 35.4 Å². The molecule has 0 fully saturated rings. The molecule has 0 N–H and O–H groups in total. The van der Waals surface area contributed by atoms with Gasteiger partial charge in [0, 0.05) is 6.42 Å². The van der Waals surface area contributed by atoms with Crippen molar-refractivity contribution in [3.8, 4) is 0 Å². The molecule has 0 aromatic heterocycles. The highest BCUT2D eigenvalue weighted by atomic mass is 19.4. The smallest absolute Gasteiger partial charge is 0.165 e. The summed E-state index contributed by atoms with van der Waals surface area (Å²) in [5.74, 6) is 0. The van der Waals surface area contributed by atoms with Crippen LogP contribution < -0.4 is 0 Å². The Hall–Kier alpha value is -1.65. The maximum atomic E-state index is 12.4. The van der Waals surface area contributed by atoms with Crippen LogP contribution in [0.2, 0.25) is 0 Å². The zero-order valence-electron chi connectivity index (χ0n) is 9.25. The first-order chi connectivity index (χ1) is 8.00. The van der Waals surface area contributed by atoms with Crippen LogP contribution in [0.5, 0.6) is 0 Å². The Bertz CT molecular complexity index is 470. The Morgan fingerprint density at radius 1 is 1.12 bits per heavy atom. The number of hydrogen-bond donors (Lipinski definition) is 0. The van der Waals surface area contributed by atoms with E-state index in [0.717, 1.165) is 12.0 Å². The number of alkyl halides is 3. The molecule has 0 atom stereocenters. The molecule has 0 amide bonds. The second-order valence-corrected chi connectivity index (χ2v) is 3.82. The average Bonchev–Trinajstić information content (AvgIpc) is 2.78. The van der Waals surface area contributed by atoms with Gasteiger partial charge in [0.05, 0.1) is 5.71 Å². The van der Waals surface area contributed by atoms with Crippen molar-refractivity contribution in [1.29, 1.82) is 0 Å². The zero-order chi connectivity index (χ0) is 12.5. The quantitative estimate of drug-likeness (QED) is 0.757. The van der Waals surface area contributed by atoms with Gasteiger partial charge in [-0.05, 0) is 17.5 Å². The lowest BCUT2D eigenvalue weighted by Crippen LogP contribution is -2.22. The standard InChI is InChI=1S/C12H11F3N2/c1-2-8-3-5-9(6-4-8)10-7-11(17-16-10)12(13,14)15/h3-6H,2,7H2,1H3. The number of aryl methyl sites for hydroxylation is 1. The minimum absolute atomic E-state index is 0.241. The van der Waals surface area contributed by atoms with Crippen molar-refractivity contribution in [1.82, 2.24) is 0 Å². The van der Waals surface area contributed by atoms with Crippen LogP contribution in [0.1, 0.15) is 24.5 Å². The molecular formula is C12H11F3N2. The van der Waals surface area contributed by atoms with E-state index in [-0.39, 0.29) is 6.42 Å². The molecule has 5 heteroatoms. The van der Waals surface area contributed by atoms with E-state index in [1.54, 1.807) is 12.1 Å². The van der Waals surface area contributed by atoms with E-state index in [9.17, 15) is 13.2 Å². The molecule has 2 nitrogen and oxygen atoms in total. The molecular weight excluding hydrogens is 229 g/mol. The summed E-state index contributed by atoms with van der Waals surface area (Å²) in [5, 5.41) is 6.78. The predicted octanol–water partition coefficient (Wildman–Crippen LogP) is 3.36. The summed E-state index contributed by atoms with van der Waals surface area (Å²) in [4.78, 5) is 0. The van der Waals surface area contributed by atoms with Gasteiger partial charge >= 0.3 is 6.18 Å². The topological polar surface area (TPSA) is 24.7 Å². The summed E-state index contributed by atoms with van der Waals surface area (Å²) in [6.07, 6.45) is -3.72. The van der Waals surface area contributed by atoms with Gasteiger partial charge < -0.3 is 0 Å². The van der Waals surface area contributed by atoms with E-state index in [2.05, 4.69) is 10.2 Å². The van der Waals surface area contributed by atoms with Gasteiger partial charge in [-0.15, -0.1) is 5.10 Å². The monoisotopic (exact) mass is 240 g/mol. The highest BCUT2D eigenvalue weighted by molar-refractivity contribution is 6.16. The Labute approximate surface area is 96.9 Å². The Morgan fingerprint density at radius 2 is 1.76 bits per heavy atom. The molecule has 1 aliphatic rings. The molecule has 2 rings (SSSR count). The van der Waals surface area contributed by atoms with Gasteiger partial charge in [-0.1, -0.05) is 31.2 Å². The predicted molar refractivity (Wildman–Crippen MR) is 60.5 cm³/mol. The molecule has 1 aromatic rings. The van der Waals surface area contributed by atoms with Crippen molar-refractivity contribution in [2.75, 3.05) is 0 Å². The third-order valence-corrected chi connectivity index (χ3v) is 2.65. The first-order valence-electron chi connectivity index (χ1n) is 5.30. The normalized spacial score (nSPS) is 15.8. The first-order valence-corrected chi connectivity index (χ1v) is 5.30. The minimum Gasteiger partial charge on any atom is -0.165 e. The van der Waals surface area contributed by atoms with Crippen LogP contribution in [0.3, 0.4) is 0 Å². The van der Waals surface area contributed by atoms with Gasteiger partial charge in [-0.3, -0.25) is 0 Å². The SMILES string of the molecule is CCc1ccc(C2=NN=C(C(F)(F)F)C2)cc1. The largest absolute Gasteiger partial charge is 0.431 e. The van der Waals surface area contributed by atoms with Gasteiger partial charge in [0.2, 0.25) is 0 Å². The number of halogens is 3. The van der Waals surface area contributed by atoms with E-state index >= 15 is 0 Å². The van der Waals surface area contributed by atoms with Crippen LogP contribution in [0, 0.1) is 0 Å². The molecule has 1 aliphatic heterocycles. The molecule has 0 unspecified atom stereocenters. The number of rotatable bonds is 2. The molecule has 0 saturated carbocycles. The summed E-state index contributed by atoms with van der Waals surface area (Å²) in [6, 6.07) is 7.35. The van der Waals surface area contributed by atoms with E-state index in [1.165, 1.54) is 0 Å². The van der Waals surface area contributed by atoms with Gasteiger partial charge in [0.15, 0.2) is 0 Å². The van der Waals surface area contributed by atoms with Gasteiger partial charge in [0.25, 0.3) is 0 Å². The lowest BCUT2D eigenvalue weighted by atomic mass is 10.0. The maximum Gasteiger partial charge on any atom is 0.431 e. The summed E-state index contributed by atoms with van der Waals surface area (Å²) in [7, 11) is 0. The second-order valence-electron chi connectivity index (χ2n) is 3.82. The number of benzene rings is 1. The Kier molecular flexibility index (Phi) is 3.00. The average molecular weight is 240 g/mol. The van der Waals surface area contributed by atoms with Crippen LogP contribution in [0.15, 0.2) is 34.5 Å². The maximum absolute atomic E-state index is 12.4. The Morgan fingerprint density at radius 3 is 2.24 bits per heavy atom. The van der Waals surface area contributed by atoms with Crippen molar-refractivity contribution in [2.24, 2.45) is 10.2 Å². The lowest BCUT2D eigenvalue weighted by molar-refractivity contribution is -0.0596. The second kappa shape index (κ2) is 4.31. The molecule has 90 valence electrons. The zero-order valence-corrected chi connectivity index (χ0v) is 9.25. The highest BCUT2D eigenvalue weighted by Gasteiger charge is 2.38. The van der Waals surface area contributed by atoms with Crippen molar-refractivity contribution in [3.63, 3.8) is 0 Å². The van der Waals surface area contributed by atoms with Gasteiger partial charge in [-0.25, -0.2) is 0 Å². The van der Waals surface area contributed by atoms with Gasteiger partial charge in [0.1, 0.15) is 5.71 Å². The van der Waals surface area contributed by atoms with Crippen LogP contribution >= 0.6 is 0 Å². The van der Waals surface area contributed by atoms with Crippen LogP contribution in [0.25, 0.3) is 0 Å². The molecule has 1 heterocycles. The van der Waals surface area contributed by atoms with E-state index < -0.39 is 11.9 Å². The molecule has 0 aliphatic carbocycles. The highest BCUT2D eigenvalue weighted by Crippen LogP contribution is 2.24. The van der Waals surface area contributed by atoms with E-state index in [1.807, 2.05) is 19.1 Å². The fourth-order valence-corrected chi connectivity index (χ4v) is 1.60. The lowest BCUT2D eigenvalue weighted by Gasteiger charge is -2.05. The van der Waals surface area contributed by atoms with Crippen LogP contribution in [-0.2, 0) is 6.42 Å². The van der Waals surface area contributed by atoms with Crippen molar-refractivity contribution >= 4 is 11.4 Å². The van der Waals surface area contributed by atoms with Crippen molar-refractivity contribution < 1.29 is 13.2 Å². The van der Waals surface area contributed by atoms with Gasteiger partial charge in [-0.2, -0.15) is 18.3 Å². The van der Waals surface area contributed by atoms with Crippen LogP contribution in [0.4, 0.5) is 13.2 Å². The first kappa shape index (κ1) is 11.8. The fraction of sp³-hybridized carbons (Fsp3) is 0.333. The molecule has 1 aromatic carbocycles. The molecule has 0 saturated heterocycles. The third kappa shape index (κ3) is 2.54. The summed E-state index contributed by atoms with van der Waals surface area (Å²) < 4.78 is 37.1. The van der Waals surface area contributed by atoms with Crippen molar-refractivity contribution in [2.45, 2.75) is 25.9 Å². The molecule has 17 heavy (non-hydrogen) atoms. The van der Waals surface area contributed by atoms with E-state index in [4.69, 9.17) is 0 Å². The third-order valence-electron chi connectivity index (χ3n) is 2.65. The number of nitrogens with zero attached hydrogens (tertiary/aromatic N) is 2. The Balaban J connectivity index is 2.12. The molecule has 0 bridgehead atoms. The summed E-state index contributed by atoms with van der Waals surface area (Å²) >= 11 is 0. The van der Waals surface area contributed by atoms with E-state index in [0.29, 0.717) is 11.3 Å². The molecule has 0 radical (unpaired) electrons. The summed E-state index contributed by atoms with van der Waals surface area (Å²) in [6.45, 7) is 2.02. The van der Waals surface area contributed by atoms with Crippen LogP contribution in [-0.4, -0.2) is 17.6 Å². The fourth-order valence-electron chi connectivity index (χ4n) is 1.60. The number of hydrogen-bond acceptors (Lipinski definition) is 2. The minimum atomic E-state index is -4.38.